The fraction of sp³-hybridized carbons (Fsp3) is 0.111. The maximum Gasteiger partial charge on any atom is 0.279 e. The van der Waals surface area contributed by atoms with Crippen molar-refractivity contribution in [3.8, 4) is 0 Å². The van der Waals surface area contributed by atoms with Crippen molar-refractivity contribution in [1.82, 2.24) is 4.57 Å². The fourth-order valence-corrected chi connectivity index (χ4v) is 3.94. The molecule has 0 saturated carbocycles. The molecule has 0 aliphatic rings. The Morgan fingerprint density at radius 1 is 1.33 bits per heavy atom. The first-order chi connectivity index (χ1) is 11.5. The summed E-state index contributed by atoms with van der Waals surface area (Å²) in [5, 5.41) is 0.924. The highest BCUT2D eigenvalue weighted by Crippen LogP contribution is 2.32. The number of carbonyl (C=O) groups excluding carboxylic acids is 1. The Balaban J connectivity index is 2.21. The maximum absolute atomic E-state index is 12.5. The first-order valence-corrected chi connectivity index (χ1v) is 8.82. The third-order valence-electron chi connectivity index (χ3n) is 3.51. The molecule has 0 aliphatic heterocycles. The average Bonchev–Trinajstić information content (AvgIpc) is 2.90. The lowest BCUT2D eigenvalue weighted by atomic mass is 10.1. The van der Waals surface area contributed by atoms with Crippen LogP contribution in [0.5, 0.6) is 0 Å². The van der Waals surface area contributed by atoms with Crippen LogP contribution in [-0.2, 0) is 6.54 Å². The van der Waals surface area contributed by atoms with Crippen LogP contribution in [0, 0.1) is 6.92 Å². The highest BCUT2D eigenvalue weighted by molar-refractivity contribution is 7.16. The topological polar surface area (TPSA) is 34.4 Å². The number of aryl methyl sites for hydroxylation is 1. The van der Waals surface area contributed by atoms with Crippen LogP contribution in [0.4, 0.5) is 0 Å². The van der Waals surface area contributed by atoms with Gasteiger partial charge in [0, 0.05) is 12.1 Å². The van der Waals surface area contributed by atoms with Crippen LogP contribution in [0.25, 0.3) is 10.2 Å². The molecule has 0 saturated heterocycles. The lowest BCUT2D eigenvalue weighted by Gasteiger charge is -2.04. The molecule has 24 heavy (non-hydrogen) atoms. The summed E-state index contributed by atoms with van der Waals surface area (Å²) >= 11 is 13.9. The van der Waals surface area contributed by atoms with Gasteiger partial charge in [-0.25, -0.2) is 0 Å². The Kier molecular flexibility index (Phi) is 4.90. The molecule has 0 bridgehead atoms. The fourth-order valence-electron chi connectivity index (χ4n) is 2.42. The number of aromatic nitrogens is 1. The van der Waals surface area contributed by atoms with Crippen molar-refractivity contribution < 1.29 is 4.79 Å². The van der Waals surface area contributed by atoms with Crippen molar-refractivity contribution in [3.05, 3.63) is 75.0 Å². The van der Waals surface area contributed by atoms with E-state index in [1.54, 1.807) is 18.2 Å². The molecule has 0 N–H and O–H groups in total. The van der Waals surface area contributed by atoms with E-state index in [0.29, 0.717) is 27.0 Å². The molecule has 0 aliphatic carbocycles. The van der Waals surface area contributed by atoms with E-state index >= 15 is 0 Å². The molecule has 122 valence electrons. The summed E-state index contributed by atoms with van der Waals surface area (Å²) in [6.07, 6.45) is 1.74. The quantitative estimate of drug-likeness (QED) is 0.575. The first kappa shape index (κ1) is 17.0. The van der Waals surface area contributed by atoms with Gasteiger partial charge in [-0.05, 0) is 31.2 Å². The number of allylic oxidation sites excluding steroid dienone is 1. The van der Waals surface area contributed by atoms with E-state index in [9.17, 15) is 4.79 Å². The number of hydrogen-bond acceptors (Lipinski definition) is 2. The highest BCUT2D eigenvalue weighted by atomic mass is 35.5. The minimum atomic E-state index is -0.287. The lowest BCUT2D eigenvalue weighted by molar-refractivity contribution is 0.0998. The number of nitrogens with zero attached hydrogens (tertiary/aromatic N) is 2. The molecule has 1 aromatic heterocycles. The zero-order valence-electron chi connectivity index (χ0n) is 12.9. The summed E-state index contributed by atoms with van der Waals surface area (Å²) in [6.45, 7) is 6.19. The van der Waals surface area contributed by atoms with E-state index in [4.69, 9.17) is 23.2 Å². The van der Waals surface area contributed by atoms with Crippen molar-refractivity contribution in [1.29, 1.82) is 0 Å². The number of thiazole rings is 1. The highest BCUT2D eigenvalue weighted by Gasteiger charge is 2.13. The molecule has 2 aromatic carbocycles. The summed E-state index contributed by atoms with van der Waals surface area (Å²) in [7, 11) is 0. The van der Waals surface area contributed by atoms with Crippen molar-refractivity contribution in [2.75, 3.05) is 0 Å². The predicted molar refractivity (Wildman–Crippen MR) is 101 cm³/mol. The Bertz CT molecular complexity index is 1020. The number of rotatable bonds is 3. The molecular formula is C18H14Cl2N2OS. The number of hydrogen-bond donors (Lipinski definition) is 0. The SMILES string of the molecule is C=CCn1c(=NC(=O)c2cccc(C)c2)sc2ccc(Cl)c(Cl)c21. The second kappa shape index (κ2) is 6.93. The van der Waals surface area contributed by atoms with Gasteiger partial charge in [0.15, 0.2) is 4.80 Å². The predicted octanol–water partition coefficient (Wildman–Crippen LogP) is 5.25. The standard InChI is InChI=1S/C18H14Cl2N2OS/c1-3-9-22-16-14(8-7-13(19)15(16)20)24-18(22)21-17(23)12-6-4-5-11(2)10-12/h3-8,10H,1,9H2,2H3. The number of benzene rings is 2. The summed E-state index contributed by atoms with van der Waals surface area (Å²) in [4.78, 5) is 17.4. The molecule has 0 spiro atoms. The number of halogens is 2. The molecule has 3 rings (SSSR count). The van der Waals surface area contributed by atoms with E-state index in [1.807, 2.05) is 35.8 Å². The summed E-state index contributed by atoms with van der Waals surface area (Å²) in [6, 6.07) is 11.0. The van der Waals surface area contributed by atoms with Gasteiger partial charge in [0.25, 0.3) is 5.91 Å². The molecule has 6 heteroatoms. The smallest absolute Gasteiger partial charge is 0.279 e. The van der Waals surface area contributed by atoms with E-state index in [1.165, 1.54) is 11.3 Å². The van der Waals surface area contributed by atoms with Gasteiger partial charge >= 0.3 is 0 Å². The molecule has 1 amide bonds. The number of amides is 1. The molecule has 1 heterocycles. The van der Waals surface area contributed by atoms with Gasteiger partial charge in [-0.1, -0.05) is 58.3 Å². The van der Waals surface area contributed by atoms with E-state index in [-0.39, 0.29) is 5.91 Å². The molecule has 0 radical (unpaired) electrons. The third kappa shape index (κ3) is 3.18. The van der Waals surface area contributed by atoms with Crippen LogP contribution < -0.4 is 4.80 Å². The van der Waals surface area contributed by atoms with Gasteiger partial charge in [0.1, 0.15) is 0 Å². The minimum Gasteiger partial charge on any atom is -0.311 e. The Hall–Kier alpha value is -1.88. The Labute approximate surface area is 153 Å². The Morgan fingerprint density at radius 2 is 2.12 bits per heavy atom. The average molecular weight is 377 g/mol. The molecule has 0 unspecified atom stereocenters. The van der Waals surface area contributed by atoms with Gasteiger partial charge in [0.2, 0.25) is 0 Å². The van der Waals surface area contributed by atoms with Gasteiger partial charge < -0.3 is 4.57 Å². The van der Waals surface area contributed by atoms with E-state index < -0.39 is 0 Å². The van der Waals surface area contributed by atoms with Crippen LogP contribution in [0.15, 0.2) is 54.0 Å². The van der Waals surface area contributed by atoms with Crippen LogP contribution in [0.2, 0.25) is 10.0 Å². The van der Waals surface area contributed by atoms with Gasteiger partial charge in [-0.15, -0.1) is 6.58 Å². The molecular weight excluding hydrogens is 363 g/mol. The largest absolute Gasteiger partial charge is 0.311 e. The Morgan fingerprint density at radius 3 is 2.83 bits per heavy atom. The summed E-state index contributed by atoms with van der Waals surface area (Å²) < 4.78 is 2.77. The van der Waals surface area contributed by atoms with Crippen LogP contribution in [-0.4, -0.2) is 10.5 Å². The van der Waals surface area contributed by atoms with Crippen LogP contribution in [0.1, 0.15) is 15.9 Å². The second-order valence-electron chi connectivity index (χ2n) is 5.28. The van der Waals surface area contributed by atoms with Gasteiger partial charge in [-0.3, -0.25) is 4.79 Å². The summed E-state index contributed by atoms with van der Waals surface area (Å²) in [5.41, 5.74) is 2.34. The zero-order chi connectivity index (χ0) is 17.3. The minimum absolute atomic E-state index is 0.287. The van der Waals surface area contributed by atoms with E-state index in [2.05, 4.69) is 11.6 Å². The lowest BCUT2D eigenvalue weighted by Crippen LogP contribution is -2.16. The van der Waals surface area contributed by atoms with Crippen molar-refractivity contribution in [3.63, 3.8) is 0 Å². The maximum atomic E-state index is 12.5. The van der Waals surface area contributed by atoms with E-state index in [0.717, 1.165) is 15.8 Å². The molecule has 3 aromatic rings. The van der Waals surface area contributed by atoms with Crippen molar-refractivity contribution >= 4 is 50.7 Å². The van der Waals surface area contributed by atoms with Gasteiger partial charge in [-0.2, -0.15) is 4.99 Å². The first-order valence-electron chi connectivity index (χ1n) is 7.25. The van der Waals surface area contributed by atoms with Gasteiger partial charge in [0.05, 0.1) is 20.3 Å². The number of fused-ring (bicyclic) bond motifs is 1. The van der Waals surface area contributed by atoms with Crippen molar-refractivity contribution in [2.24, 2.45) is 4.99 Å². The third-order valence-corrected chi connectivity index (χ3v) is 5.35. The molecule has 0 fully saturated rings. The number of carbonyl (C=O) groups is 1. The molecule has 3 nitrogen and oxygen atoms in total. The van der Waals surface area contributed by atoms with Crippen LogP contribution in [0.3, 0.4) is 0 Å². The second-order valence-corrected chi connectivity index (χ2v) is 7.07. The van der Waals surface area contributed by atoms with Crippen molar-refractivity contribution in [2.45, 2.75) is 13.5 Å². The zero-order valence-corrected chi connectivity index (χ0v) is 15.3. The monoisotopic (exact) mass is 376 g/mol. The normalized spacial score (nSPS) is 11.9. The molecule has 0 atom stereocenters. The summed E-state index contributed by atoms with van der Waals surface area (Å²) in [5.74, 6) is -0.287. The van der Waals surface area contributed by atoms with Crippen LogP contribution >= 0.6 is 34.5 Å².